The number of hydrogen-bond acceptors (Lipinski definition) is 6. The summed E-state index contributed by atoms with van der Waals surface area (Å²) in [4.78, 5) is 2.35. The van der Waals surface area contributed by atoms with Crippen LogP contribution in [0.25, 0.3) is 10.2 Å². The first-order valence-corrected chi connectivity index (χ1v) is 11.3. The monoisotopic (exact) mass is 424 g/mol. The molecule has 1 unspecified atom stereocenters. The minimum Gasteiger partial charge on any atom is -0.378 e. The van der Waals surface area contributed by atoms with Gasteiger partial charge in [-0.2, -0.15) is 5.10 Å². The molecule has 0 saturated heterocycles. The predicted molar refractivity (Wildman–Crippen MR) is 114 cm³/mol. The van der Waals surface area contributed by atoms with Crippen molar-refractivity contribution in [3.05, 3.63) is 39.0 Å². The molecule has 8 heteroatoms. The fourth-order valence-electron chi connectivity index (χ4n) is 3.18. The average molecular weight is 425 g/mol. The van der Waals surface area contributed by atoms with Crippen molar-refractivity contribution in [1.29, 1.82) is 0 Å². The summed E-state index contributed by atoms with van der Waals surface area (Å²) >= 11 is 3.34. The first-order chi connectivity index (χ1) is 13.4. The highest BCUT2D eigenvalue weighted by atomic mass is 32.1. The van der Waals surface area contributed by atoms with Gasteiger partial charge in [0.1, 0.15) is 5.52 Å². The summed E-state index contributed by atoms with van der Waals surface area (Å²) in [5.74, 6) is -3.05. The van der Waals surface area contributed by atoms with E-state index in [-0.39, 0.29) is 12.5 Å². The van der Waals surface area contributed by atoms with Gasteiger partial charge < -0.3 is 11.1 Å². The SMILES string of the molecule is CC.Cc1c(CC(N)C[C@@H]2CC2(F)F)sc2c(NCc3cccs3)cnnc12. The highest BCUT2D eigenvalue weighted by Gasteiger charge is 2.56. The van der Waals surface area contributed by atoms with Crippen LogP contribution in [0.1, 0.15) is 42.0 Å². The second-order valence-corrected chi connectivity index (χ2v) is 9.02. The van der Waals surface area contributed by atoms with Crippen LogP contribution in [-0.2, 0) is 13.0 Å². The smallest absolute Gasteiger partial charge is 0.251 e. The number of aryl methyl sites for hydroxylation is 1. The van der Waals surface area contributed by atoms with Crippen molar-refractivity contribution in [1.82, 2.24) is 10.2 Å². The van der Waals surface area contributed by atoms with Crippen molar-refractivity contribution in [3.8, 4) is 0 Å². The van der Waals surface area contributed by atoms with Gasteiger partial charge in [-0.05, 0) is 36.8 Å². The number of thiophene rings is 2. The van der Waals surface area contributed by atoms with Crippen molar-refractivity contribution in [2.24, 2.45) is 11.7 Å². The lowest BCUT2D eigenvalue weighted by Crippen LogP contribution is -2.24. The lowest BCUT2D eigenvalue weighted by atomic mass is 10.0. The van der Waals surface area contributed by atoms with Crippen LogP contribution in [0.5, 0.6) is 0 Å². The van der Waals surface area contributed by atoms with Gasteiger partial charge >= 0.3 is 0 Å². The van der Waals surface area contributed by atoms with Crippen LogP contribution < -0.4 is 11.1 Å². The second-order valence-electron chi connectivity index (χ2n) is 6.88. The number of nitrogens with one attached hydrogen (secondary N) is 1. The molecule has 0 bridgehead atoms. The van der Waals surface area contributed by atoms with Gasteiger partial charge in [0, 0.05) is 34.7 Å². The van der Waals surface area contributed by atoms with E-state index in [0.29, 0.717) is 12.8 Å². The lowest BCUT2D eigenvalue weighted by Gasteiger charge is -2.10. The summed E-state index contributed by atoms with van der Waals surface area (Å²) in [5.41, 5.74) is 9.01. The minimum atomic E-state index is -2.50. The zero-order valence-electron chi connectivity index (χ0n) is 16.3. The summed E-state index contributed by atoms with van der Waals surface area (Å²) in [6.07, 6.45) is 2.69. The number of anilines is 1. The van der Waals surface area contributed by atoms with Crippen molar-refractivity contribution in [3.63, 3.8) is 0 Å². The molecule has 0 aromatic carbocycles. The number of aromatic nitrogens is 2. The zero-order chi connectivity index (χ0) is 20.3. The fraction of sp³-hybridized carbons (Fsp3) is 0.500. The second kappa shape index (κ2) is 8.80. The number of halogens is 2. The normalized spacial score (nSPS) is 18.4. The topological polar surface area (TPSA) is 63.8 Å². The molecule has 3 aromatic heterocycles. The number of alkyl halides is 2. The Morgan fingerprint density at radius 1 is 1.39 bits per heavy atom. The number of hydrogen-bond donors (Lipinski definition) is 2. The fourth-order valence-corrected chi connectivity index (χ4v) is 5.15. The zero-order valence-corrected chi connectivity index (χ0v) is 18.0. The number of fused-ring (bicyclic) bond motifs is 1. The van der Waals surface area contributed by atoms with Crippen LogP contribution in [0.15, 0.2) is 23.7 Å². The first kappa shape index (κ1) is 21.1. The van der Waals surface area contributed by atoms with Gasteiger partial charge in [0.25, 0.3) is 5.92 Å². The number of rotatable bonds is 7. The molecule has 2 atom stereocenters. The molecule has 152 valence electrons. The molecule has 0 amide bonds. The van der Waals surface area contributed by atoms with Gasteiger partial charge in [-0.3, -0.25) is 0 Å². The standard InChI is InChI=1S/C18H20F2N4S2.C2H6/c1-10-15(6-12(21)5-11-7-18(11,19)20)26-17-14(9-23-24-16(10)17)22-8-13-3-2-4-25-13;1-2/h2-4,9,11-12H,5-8,21H2,1H3,(H,22,24);1-2H3/t11-,12?;/m1./s1. The Bertz CT molecular complexity index is 908. The van der Waals surface area contributed by atoms with Crippen molar-refractivity contribution < 1.29 is 8.78 Å². The third-order valence-corrected chi connectivity index (χ3v) is 7.04. The summed E-state index contributed by atoms with van der Waals surface area (Å²) in [6, 6.07) is 3.86. The highest BCUT2D eigenvalue weighted by Crippen LogP contribution is 2.51. The average Bonchev–Trinajstić information content (AvgIpc) is 3.05. The molecule has 3 N–H and O–H groups in total. The lowest BCUT2D eigenvalue weighted by molar-refractivity contribution is 0.0954. The quantitative estimate of drug-likeness (QED) is 0.517. The largest absolute Gasteiger partial charge is 0.378 e. The Kier molecular flexibility index (Phi) is 6.62. The van der Waals surface area contributed by atoms with E-state index >= 15 is 0 Å². The Balaban J connectivity index is 0.00000109. The molecule has 4 nitrogen and oxygen atoms in total. The van der Waals surface area contributed by atoms with Gasteiger partial charge in [0.2, 0.25) is 0 Å². The van der Waals surface area contributed by atoms with Crippen molar-refractivity contribution in [2.45, 2.75) is 58.5 Å². The maximum Gasteiger partial charge on any atom is 0.251 e. The minimum absolute atomic E-state index is 0.0195. The predicted octanol–water partition coefficient (Wildman–Crippen LogP) is 5.61. The number of nitrogens with zero attached hydrogens (tertiary/aromatic N) is 2. The van der Waals surface area contributed by atoms with Gasteiger partial charge in [-0.25, -0.2) is 8.78 Å². The van der Waals surface area contributed by atoms with Crippen LogP contribution in [-0.4, -0.2) is 22.2 Å². The Morgan fingerprint density at radius 3 is 2.79 bits per heavy atom. The molecule has 0 aliphatic heterocycles. The molecule has 4 rings (SSSR count). The van der Waals surface area contributed by atoms with Crippen LogP contribution >= 0.6 is 22.7 Å². The van der Waals surface area contributed by atoms with Crippen LogP contribution in [0.3, 0.4) is 0 Å². The van der Waals surface area contributed by atoms with E-state index in [2.05, 4.69) is 27.0 Å². The third kappa shape index (κ3) is 4.67. The summed E-state index contributed by atoms with van der Waals surface area (Å²) < 4.78 is 27.3. The molecule has 1 aliphatic rings. The Labute approximate surface area is 172 Å². The van der Waals surface area contributed by atoms with Crippen molar-refractivity contribution >= 4 is 38.6 Å². The molecule has 1 aliphatic carbocycles. The van der Waals surface area contributed by atoms with E-state index in [0.717, 1.165) is 32.9 Å². The molecule has 1 fully saturated rings. The Morgan fingerprint density at radius 2 is 2.14 bits per heavy atom. The molecule has 0 radical (unpaired) electrons. The first-order valence-electron chi connectivity index (χ1n) is 9.57. The molecule has 3 heterocycles. The van der Waals surface area contributed by atoms with E-state index in [1.807, 2.05) is 26.8 Å². The molecule has 0 spiro atoms. The summed E-state index contributed by atoms with van der Waals surface area (Å²) in [6.45, 7) is 6.74. The molecule has 3 aromatic rings. The third-order valence-electron chi connectivity index (χ3n) is 4.83. The van der Waals surface area contributed by atoms with Crippen LogP contribution in [0.2, 0.25) is 0 Å². The van der Waals surface area contributed by atoms with Gasteiger partial charge in [0.15, 0.2) is 0 Å². The van der Waals surface area contributed by atoms with Crippen LogP contribution in [0.4, 0.5) is 14.5 Å². The van der Waals surface area contributed by atoms with E-state index in [1.165, 1.54) is 4.88 Å². The number of nitrogens with two attached hydrogens (primary N) is 1. The molecular formula is C20H26F2N4S2. The summed E-state index contributed by atoms with van der Waals surface area (Å²) in [5, 5.41) is 13.9. The Hall–Kier alpha value is -1.64. The maximum atomic E-state index is 13.1. The molecular weight excluding hydrogens is 398 g/mol. The maximum absolute atomic E-state index is 13.1. The van der Waals surface area contributed by atoms with E-state index < -0.39 is 11.8 Å². The highest BCUT2D eigenvalue weighted by molar-refractivity contribution is 7.19. The van der Waals surface area contributed by atoms with Crippen LogP contribution in [0, 0.1) is 12.8 Å². The summed E-state index contributed by atoms with van der Waals surface area (Å²) in [7, 11) is 0. The van der Waals surface area contributed by atoms with E-state index in [4.69, 9.17) is 5.73 Å². The van der Waals surface area contributed by atoms with E-state index in [1.54, 1.807) is 28.9 Å². The van der Waals surface area contributed by atoms with Gasteiger partial charge in [-0.1, -0.05) is 19.9 Å². The van der Waals surface area contributed by atoms with Gasteiger partial charge in [0.05, 0.1) is 16.6 Å². The molecule has 1 saturated carbocycles. The van der Waals surface area contributed by atoms with Crippen molar-refractivity contribution in [2.75, 3.05) is 5.32 Å². The van der Waals surface area contributed by atoms with Gasteiger partial charge in [-0.15, -0.1) is 27.8 Å². The molecule has 28 heavy (non-hydrogen) atoms. The van der Waals surface area contributed by atoms with E-state index in [9.17, 15) is 8.78 Å².